The van der Waals surface area contributed by atoms with Crippen molar-refractivity contribution < 1.29 is 4.74 Å². The van der Waals surface area contributed by atoms with Crippen molar-refractivity contribution in [1.82, 2.24) is 4.98 Å². The first-order valence-corrected chi connectivity index (χ1v) is 5.11. The Kier molecular flexibility index (Phi) is 1.91. The lowest BCUT2D eigenvalue weighted by atomic mass is 10.0. The van der Waals surface area contributed by atoms with Gasteiger partial charge in [0.2, 0.25) is 0 Å². The molecular formula is C13H11NO. The van der Waals surface area contributed by atoms with Crippen LogP contribution in [0.2, 0.25) is 0 Å². The minimum absolute atomic E-state index is 0.779. The summed E-state index contributed by atoms with van der Waals surface area (Å²) in [5.41, 5.74) is 3.47. The molecule has 0 saturated heterocycles. The molecule has 0 atom stereocenters. The lowest BCUT2D eigenvalue weighted by molar-refractivity contribution is 0.356. The summed E-state index contributed by atoms with van der Waals surface area (Å²) in [6.07, 6.45) is 2.78. The number of pyridine rings is 1. The van der Waals surface area contributed by atoms with Crippen molar-refractivity contribution in [1.29, 1.82) is 0 Å². The topological polar surface area (TPSA) is 22.1 Å². The maximum absolute atomic E-state index is 5.52. The standard InChI is InChI=1S/C13H11NO/c1-2-4-10(5-3-1)13-11-7-9-15-12(11)6-8-14-13/h1-6,8H,7,9H2. The first-order chi connectivity index (χ1) is 7.45. The maximum atomic E-state index is 5.52. The second kappa shape index (κ2) is 3.39. The number of fused-ring (bicyclic) bond motifs is 1. The molecule has 0 spiro atoms. The molecule has 74 valence electrons. The van der Waals surface area contributed by atoms with Gasteiger partial charge in [-0.1, -0.05) is 30.3 Å². The second-order valence-electron chi connectivity index (χ2n) is 3.60. The van der Waals surface area contributed by atoms with Crippen LogP contribution in [0.25, 0.3) is 11.3 Å². The fraction of sp³-hybridized carbons (Fsp3) is 0.154. The van der Waals surface area contributed by atoms with Gasteiger partial charge in [-0.15, -0.1) is 0 Å². The van der Waals surface area contributed by atoms with Crippen molar-refractivity contribution in [2.75, 3.05) is 6.61 Å². The Morgan fingerprint density at radius 3 is 2.80 bits per heavy atom. The van der Waals surface area contributed by atoms with E-state index >= 15 is 0 Å². The van der Waals surface area contributed by atoms with Crippen LogP contribution in [-0.4, -0.2) is 11.6 Å². The molecule has 1 aromatic carbocycles. The zero-order valence-electron chi connectivity index (χ0n) is 8.31. The SMILES string of the molecule is c1ccc(-c2nccc3c2CCO3)cc1. The molecule has 0 amide bonds. The lowest BCUT2D eigenvalue weighted by Gasteiger charge is -2.05. The number of rotatable bonds is 1. The Bertz CT molecular complexity index is 479. The van der Waals surface area contributed by atoms with E-state index in [4.69, 9.17) is 4.74 Å². The monoisotopic (exact) mass is 197 g/mol. The first kappa shape index (κ1) is 8.48. The van der Waals surface area contributed by atoms with Crippen molar-refractivity contribution in [2.45, 2.75) is 6.42 Å². The predicted octanol–water partition coefficient (Wildman–Crippen LogP) is 2.68. The molecule has 0 aliphatic carbocycles. The van der Waals surface area contributed by atoms with Crippen molar-refractivity contribution in [3.05, 3.63) is 48.2 Å². The Balaban J connectivity index is 2.17. The molecule has 0 bridgehead atoms. The molecule has 2 heteroatoms. The highest BCUT2D eigenvalue weighted by Crippen LogP contribution is 2.32. The summed E-state index contributed by atoms with van der Waals surface area (Å²) in [5.74, 6) is 0.990. The van der Waals surface area contributed by atoms with Crippen LogP contribution in [0.3, 0.4) is 0 Å². The average molecular weight is 197 g/mol. The van der Waals surface area contributed by atoms with Gasteiger partial charge < -0.3 is 4.74 Å². The van der Waals surface area contributed by atoms with Gasteiger partial charge in [-0.2, -0.15) is 0 Å². The quantitative estimate of drug-likeness (QED) is 0.701. The van der Waals surface area contributed by atoms with Gasteiger partial charge >= 0.3 is 0 Å². The molecule has 2 aromatic rings. The van der Waals surface area contributed by atoms with E-state index in [0.29, 0.717) is 0 Å². The van der Waals surface area contributed by atoms with Crippen LogP contribution in [0, 0.1) is 0 Å². The van der Waals surface area contributed by atoms with E-state index in [2.05, 4.69) is 17.1 Å². The maximum Gasteiger partial charge on any atom is 0.126 e. The second-order valence-corrected chi connectivity index (χ2v) is 3.60. The smallest absolute Gasteiger partial charge is 0.126 e. The summed E-state index contributed by atoms with van der Waals surface area (Å²) < 4.78 is 5.52. The van der Waals surface area contributed by atoms with E-state index in [1.54, 1.807) is 0 Å². The molecule has 0 unspecified atom stereocenters. The zero-order valence-corrected chi connectivity index (χ0v) is 8.31. The van der Waals surface area contributed by atoms with Crippen molar-refractivity contribution >= 4 is 0 Å². The number of hydrogen-bond acceptors (Lipinski definition) is 2. The van der Waals surface area contributed by atoms with Gasteiger partial charge in [-0.25, -0.2) is 0 Å². The van der Waals surface area contributed by atoms with Crippen LogP contribution in [0.4, 0.5) is 0 Å². The third-order valence-electron chi connectivity index (χ3n) is 2.67. The summed E-state index contributed by atoms with van der Waals surface area (Å²) in [7, 11) is 0. The summed E-state index contributed by atoms with van der Waals surface area (Å²) in [6.45, 7) is 0.779. The summed E-state index contributed by atoms with van der Waals surface area (Å²) in [4.78, 5) is 4.44. The normalized spacial score (nSPS) is 13.3. The molecule has 0 saturated carbocycles. The fourth-order valence-corrected chi connectivity index (χ4v) is 1.96. The van der Waals surface area contributed by atoms with E-state index in [9.17, 15) is 0 Å². The van der Waals surface area contributed by atoms with E-state index < -0.39 is 0 Å². The summed E-state index contributed by atoms with van der Waals surface area (Å²) in [5, 5.41) is 0. The van der Waals surface area contributed by atoms with Gasteiger partial charge in [0.15, 0.2) is 0 Å². The highest BCUT2D eigenvalue weighted by Gasteiger charge is 2.17. The summed E-state index contributed by atoms with van der Waals surface area (Å²) in [6, 6.07) is 12.2. The van der Waals surface area contributed by atoms with Crippen LogP contribution >= 0.6 is 0 Å². The van der Waals surface area contributed by atoms with Gasteiger partial charge in [-0.3, -0.25) is 4.98 Å². The minimum atomic E-state index is 0.779. The van der Waals surface area contributed by atoms with Crippen LogP contribution in [0.15, 0.2) is 42.6 Å². The largest absolute Gasteiger partial charge is 0.493 e. The van der Waals surface area contributed by atoms with Gasteiger partial charge in [-0.05, 0) is 6.07 Å². The Hall–Kier alpha value is -1.83. The van der Waals surface area contributed by atoms with Gasteiger partial charge in [0, 0.05) is 23.7 Å². The van der Waals surface area contributed by atoms with Gasteiger partial charge in [0.05, 0.1) is 12.3 Å². The highest BCUT2D eigenvalue weighted by atomic mass is 16.5. The number of benzene rings is 1. The molecule has 1 aliphatic heterocycles. The van der Waals surface area contributed by atoms with E-state index in [1.807, 2.05) is 30.5 Å². The molecule has 15 heavy (non-hydrogen) atoms. The molecular weight excluding hydrogens is 186 g/mol. The average Bonchev–Trinajstić information content (AvgIpc) is 2.78. The van der Waals surface area contributed by atoms with Crippen molar-refractivity contribution in [2.24, 2.45) is 0 Å². The first-order valence-electron chi connectivity index (χ1n) is 5.11. The number of nitrogens with zero attached hydrogens (tertiary/aromatic N) is 1. The Morgan fingerprint density at radius 2 is 1.93 bits per heavy atom. The van der Waals surface area contributed by atoms with Crippen LogP contribution < -0.4 is 4.74 Å². The number of ether oxygens (including phenoxy) is 1. The molecule has 2 heterocycles. The van der Waals surface area contributed by atoms with E-state index in [1.165, 1.54) is 11.1 Å². The lowest BCUT2D eigenvalue weighted by Crippen LogP contribution is -1.89. The molecule has 2 nitrogen and oxygen atoms in total. The van der Waals surface area contributed by atoms with Gasteiger partial charge in [0.25, 0.3) is 0 Å². The van der Waals surface area contributed by atoms with Crippen LogP contribution in [-0.2, 0) is 6.42 Å². The number of aromatic nitrogens is 1. The van der Waals surface area contributed by atoms with Crippen LogP contribution in [0.5, 0.6) is 5.75 Å². The third-order valence-corrected chi connectivity index (χ3v) is 2.67. The molecule has 1 aromatic heterocycles. The Morgan fingerprint density at radius 1 is 1.07 bits per heavy atom. The molecule has 1 aliphatic rings. The fourth-order valence-electron chi connectivity index (χ4n) is 1.96. The molecule has 0 radical (unpaired) electrons. The van der Waals surface area contributed by atoms with E-state index in [0.717, 1.165) is 24.5 Å². The Labute approximate surface area is 88.5 Å². The third kappa shape index (κ3) is 1.38. The zero-order chi connectivity index (χ0) is 10.1. The van der Waals surface area contributed by atoms with Crippen LogP contribution in [0.1, 0.15) is 5.56 Å². The van der Waals surface area contributed by atoms with Gasteiger partial charge in [0.1, 0.15) is 5.75 Å². The van der Waals surface area contributed by atoms with Crippen molar-refractivity contribution in [3.63, 3.8) is 0 Å². The minimum Gasteiger partial charge on any atom is -0.493 e. The van der Waals surface area contributed by atoms with E-state index in [-0.39, 0.29) is 0 Å². The number of hydrogen-bond donors (Lipinski definition) is 0. The summed E-state index contributed by atoms with van der Waals surface area (Å²) >= 11 is 0. The predicted molar refractivity (Wildman–Crippen MR) is 58.9 cm³/mol. The molecule has 0 fully saturated rings. The highest BCUT2D eigenvalue weighted by molar-refractivity contribution is 5.66. The van der Waals surface area contributed by atoms with Crippen molar-refractivity contribution in [3.8, 4) is 17.0 Å². The molecule has 3 rings (SSSR count). The molecule has 0 N–H and O–H groups in total.